The molecule has 0 aliphatic carbocycles. The quantitative estimate of drug-likeness (QED) is 0.511. The van der Waals surface area contributed by atoms with E-state index in [-0.39, 0.29) is 0 Å². The molecule has 1 rings (SSSR count). The molecule has 0 atom stereocenters. The van der Waals surface area contributed by atoms with Crippen molar-refractivity contribution in [2.75, 3.05) is 13.2 Å². The molecule has 0 saturated heterocycles. The van der Waals surface area contributed by atoms with Crippen LogP contribution < -0.4 is 10.6 Å². The van der Waals surface area contributed by atoms with E-state index in [1.807, 2.05) is 12.1 Å². The highest BCUT2D eigenvalue weighted by Gasteiger charge is 1.89. The molecule has 59 valence electrons. The van der Waals surface area contributed by atoms with E-state index >= 15 is 0 Å². The molecule has 1 aromatic rings. The molecule has 0 saturated carbocycles. The molecule has 3 heteroatoms. The Balaban J connectivity index is 2.28. The second-order valence-corrected chi connectivity index (χ2v) is 1.95. The Kier molecular flexibility index (Phi) is 3.44. The van der Waals surface area contributed by atoms with Gasteiger partial charge in [-0.05, 0) is 18.2 Å². The molecule has 0 spiro atoms. The van der Waals surface area contributed by atoms with Crippen molar-refractivity contribution in [2.45, 2.75) is 0 Å². The number of ether oxygens (including phenoxy) is 1. The van der Waals surface area contributed by atoms with E-state index in [4.69, 9.17) is 10.6 Å². The summed E-state index contributed by atoms with van der Waals surface area (Å²) in [6.07, 6.45) is 0. The van der Waals surface area contributed by atoms with E-state index in [1.165, 1.54) is 0 Å². The molecular weight excluding hydrogens is 142 g/mol. The van der Waals surface area contributed by atoms with E-state index in [2.05, 4.69) is 10.9 Å². The second kappa shape index (κ2) is 4.71. The van der Waals surface area contributed by atoms with Gasteiger partial charge in [-0.15, -0.1) is 0 Å². The predicted molar refractivity (Wildman–Crippen MR) is 40.9 cm³/mol. The highest BCUT2D eigenvalue weighted by Crippen LogP contribution is 2.06. The summed E-state index contributed by atoms with van der Waals surface area (Å²) < 4.78 is 5.22. The van der Waals surface area contributed by atoms with Crippen molar-refractivity contribution in [3.63, 3.8) is 0 Å². The lowest BCUT2D eigenvalue weighted by molar-refractivity contribution is 0.102. The summed E-state index contributed by atoms with van der Waals surface area (Å²) in [6.45, 7) is 0.874. The average molecular weight is 152 g/mol. The van der Waals surface area contributed by atoms with Crippen molar-refractivity contribution in [1.29, 1.82) is 0 Å². The van der Waals surface area contributed by atoms with Gasteiger partial charge in [0.15, 0.2) is 0 Å². The zero-order valence-corrected chi connectivity index (χ0v) is 6.12. The smallest absolute Gasteiger partial charge is 0.119 e. The molecular formula is C8H10NO2. The zero-order valence-electron chi connectivity index (χ0n) is 6.12. The van der Waals surface area contributed by atoms with Crippen molar-refractivity contribution >= 4 is 0 Å². The van der Waals surface area contributed by atoms with Crippen LogP contribution in [0.5, 0.6) is 5.75 Å². The predicted octanol–water partition coefficient (Wildman–Crippen LogP) is 0.756. The van der Waals surface area contributed by atoms with Crippen LogP contribution in [0, 0.1) is 6.07 Å². The normalized spacial score (nSPS) is 9.55. The van der Waals surface area contributed by atoms with Crippen LogP contribution in [0.2, 0.25) is 0 Å². The Morgan fingerprint density at radius 1 is 1.27 bits per heavy atom. The van der Waals surface area contributed by atoms with Crippen molar-refractivity contribution < 1.29 is 9.57 Å². The third kappa shape index (κ3) is 3.02. The number of hydrogen-bond donors (Lipinski definition) is 1. The van der Waals surface area contributed by atoms with Crippen LogP contribution in [0.15, 0.2) is 24.3 Å². The summed E-state index contributed by atoms with van der Waals surface area (Å²) in [6, 6.07) is 10.1. The van der Waals surface area contributed by atoms with E-state index < -0.39 is 0 Å². The lowest BCUT2D eigenvalue weighted by Crippen LogP contribution is -2.09. The van der Waals surface area contributed by atoms with E-state index in [9.17, 15) is 0 Å². The lowest BCUT2D eigenvalue weighted by Gasteiger charge is -2.02. The lowest BCUT2D eigenvalue weighted by atomic mass is 10.3. The molecule has 11 heavy (non-hydrogen) atoms. The summed E-state index contributed by atoms with van der Waals surface area (Å²) in [4.78, 5) is 4.33. The van der Waals surface area contributed by atoms with E-state index in [0.717, 1.165) is 5.75 Å². The van der Waals surface area contributed by atoms with Gasteiger partial charge >= 0.3 is 0 Å². The molecule has 3 nitrogen and oxygen atoms in total. The molecule has 0 heterocycles. The van der Waals surface area contributed by atoms with Gasteiger partial charge < -0.3 is 9.57 Å². The van der Waals surface area contributed by atoms with Gasteiger partial charge in [-0.1, -0.05) is 12.1 Å². The molecule has 0 aromatic heterocycles. The summed E-state index contributed by atoms with van der Waals surface area (Å²) in [5.74, 6) is 5.61. The van der Waals surface area contributed by atoms with Crippen molar-refractivity contribution in [3.05, 3.63) is 30.3 Å². The fourth-order valence-electron chi connectivity index (χ4n) is 0.675. The number of benzene rings is 1. The van der Waals surface area contributed by atoms with E-state index in [1.54, 1.807) is 12.1 Å². The first-order valence-electron chi connectivity index (χ1n) is 3.34. The minimum atomic E-state index is 0.401. The SMILES string of the molecule is NOCCOc1cc[c]cc1. The third-order valence-corrected chi connectivity index (χ3v) is 1.16. The van der Waals surface area contributed by atoms with Gasteiger partial charge in [0.25, 0.3) is 0 Å². The van der Waals surface area contributed by atoms with Crippen LogP contribution in [-0.4, -0.2) is 13.2 Å². The van der Waals surface area contributed by atoms with Crippen LogP contribution in [0.3, 0.4) is 0 Å². The van der Waals surface area contributed by atoms with Gasteiger partial charge in [0.2, 0.25) is 0 Å². The Bertz CT molecular complexity index is 189. The first-order valence-corrected chi connectivity index (χ1v) is 3.34. The van der Waals surface area contributed by atoms with Gasteiger partial charge in [0.1, 0.15) is 19.0 Å². The maximum Gasteiger partial charge on any atom is 0.119 e. The fourth-order valence-corrected chi connectivity index (χ4v) is 0.675. The summed E-state index contributed by atoms with van der Waals surface area (Å²) in [5.41, 5.74) is 0. The first-order chi connectivity index (χ1) is 5.43. The molecule has 1 aromatic carbocycles. The third-order valence-electron chi connectivity index (χ3n) is 1.16. The Morgan fingerprint density at radius 3 is 2.64 bits per heavy atom. The molecule has 0 amide bonds. The summed E-state index contributed by atoms with van der Waals surface area (Å²) in [7, 11) is 0. The van der Waals surface area contributed by atoms with Crippen molar-refractivity contribution in [2.24, 2.45) is 5.90 Å². The Labute approximate surface area is 65.7 Å². The van der Waals surface area contributed by atoms with Gasteiger partial charge in [0, 0.05) is 0 Å². The highest BCUT2D eigenvalue weighted by molar-refractivity contribution is 5.20. The number of hydrogen-bond acceptors (Lipinski definition) is 3. The van der Waals surface area contributed by atoms with Crippen LogP contribution >= 0.6 is 0 Å². The highest BCUT2D eigenvalue weighted by atomic mass is 16.6. The molecule has 0 unspecified atom stereocenters. The van der Waals surface area contributed by atoms with Gasteiger partial charge in [-0.2, -0.15) is 0 Å². The first kappa shape index (κ1) is 8.04. The van der Waals surface area contributed by atoms with Gasteiger partial charge in [-0.3, -0.25) is 0 Å². The summed E-state index contributed by atoms with van der Waals surface area (Å²) in [5, 5.41) is 0. The average Bonchev–Trinajstić information content (AvgIpc) is 2.07. The van der Waals surface area contributed by atoms with Crippen molar-refractivity contribution in [1.82, 2.24) is 0 Å². The zero-order chi connectivity index (χ0) is 7.94. The number of nitrogens with two attached hydrogens (primary N) is 1. The maximum atomic E-state index is 5.22. The second-order valence-electron chi connectivity index (χ2n) is 1.95. The van der Waals surface area contributed by atoms with Crippen LogP contribution in [0.25, 0.3) is 0 Å². The molecule has 0 aliphatic rings. The number of rotatable bonds is 4. The summed E-state index contributed by atoms with van der Waals surface area (Å²) >= 11 is 0. The standard InChI is InChI=1S/C8H10NO2/c9-11-7-6-10-8-4-2-1-3-5-8/h2-5H,6-7,9H2. The molecule has 2 N–H and O–H groups in total. The Morgan fingerprint density at radius 2 is 2.00 bits per heavy atom. The Hall–Kier alpha value is -1.06. The van der Waals surface area contributed by atoms with Gasteiger partial charge in [-0.25, -0.2) is 5.90 Å². The topological polar surface area (TPSA) is 44.5 Å². The maximum absolute atomic E-state index is 5.22. The minimum Gasteiger partial charge on any atom is -0.491 e. The molecule has 0 bridgehead atoms. The molecule has 0 aliphatic heterocycles. The van der Waals surface area contributed by atoms with E-state index in [0.29, 0.717) is 13.2 Å². The largest absolute Gasteiger partial charge is 0.491 e. The monoisotopic (exact) mass is 152 g/mol. The van der Waals surface area contributed by atoms with Crippen LogP contribution in [0.4, 0.5) is 0 Å². The fraction of sp³-hybridized carbons (Fsp3) is 0.250. The minimum absolute atomic E-state index is 0.401. The molecule has 0 fully saturated rings. The molecule has 1 radical (unpaired) electrons. The van der Waals surface area contributed by atoms with Crippen molar-refractivity contribution in [3.8, 4) is 5.75 Å². The van der Waals surface area contributed by atoms with Gasteiger partial charge in [0.05, 0.1) is 0 Å². The van der Waals surface area contributed by atoms with Crippen LogP contribution in [0.1, 0.15) is 0 Å². The van der Waals surface area contributed by atoms with Crippen LogP contribution in [-0.2, 0) is 4.84 Å².